The predicted octanol–water partition coefficient (Wildman–Crippen LogP) is 0.868. The summed E-state index contributed by atoms with van der Waals surface area (Å²) in [6, 6.07) is 8.44. The lowest BCUT2D eigenvalue weighted by molar-refractivity contribution is 0.0655. The molecule has 23 heavy (non-hydrogen) atoms. The highest BCUT2D eigenvalue weighted by Gasteiger charge is 2.24. The molecule has 2 heterocycles. The Morgan fingerprint density at radius 3 is 2.74 bits per heavy atom. The second-order valence-corrected chi connectivity index (χ2v) is 6.83. The van der Waals surface area contributed by atoms with Gasteiger partial charge in [0.15, 0.2) is 0 Å². The van der Waals surface area contributed by atoms with Gasteiger partial charge in [0, 0.05) is 64.0 Å². The Bertz CT molecular complexity index is 540. The van der Waals surface area contributed by atoms with Crippen LogP contribution in [0.4, 0.5) is 0 Å². The minimum Gasteiger partial charge on any atom is -0.333 e. The van der Waals surface area contributed by atoms with Gasteiger partial charge in [0.2, 0.25) is 0 Å². The summed E-state index contributed by atoms with van der Waals surface area (Å²) in [5.74, 6) is 0.166. The molecule has 1 aromatic carbocycles. The van der Waals surface area contributed by atoms with E-state index in [1.54, 1.807) is 0 Å². The van der Waals surface area contributed by atoms with Gasteiger partial charge in [0.25, 0.3) is 5.91 Å². The van der Waals surface area contributed by atoms with Crippen LogP contribution in [0.2, 0.25) is 0 Å². The van der Waals surface area contributed by atoms with Crippen LogP contribution in [0.5, 0.6) is 0 Å². The third kappa shape index (κ3) is 4.10. The van der Waals surface area contributed by atoms with Crippen molar-refractivity contribution < 1.29 is 4.79 Å². The first-order valence-electron chi connectivity index (χ1n) is 8.65. The summed E-state index contributed by atoms with van der Waals surface area (Å²) in [5.41, 5.74) is 2.06. The molecule has 0 aromatic heterocycles. The molecule has 126 valence electrons. The fourth-order valence-electron chi connectivity index (χ4n) is 3.38. The fraction of sp³-hybridized carbons (Fsp3) is 0.611. The lowest BCUT2D eigenvalue weighted by Gasteiger charge is -2.34. The number of nitrogens with one attached hydrogen (secondary N) is 1. The molecule has 2 aliphatic rings. The maximum absolute atomic E-state index is 12.8. The Hall–Kier alpha value is -1.43. The van der Waals surface area contributed by atoms with Gasteiger partial charge in [-0.25, -0.2) is 0 Å². The highest BCUT2D eigenvalue weighted by atomic mass is 16.2. The van der Waals surface area contributed by atoms with E-state index in [-0.39, 0.29) is 11.9 Å². The minimum atomic E-state index is 0.166. The van der Waals surface area contributed by atoms with Crippen molar-refractivity contribution in [2.45, 2.75) is 19.5 Å². The molecule has 2 aliphatic heterocycles. The maximum atomic E-state index is 12.8. The molecule has 0 radical (unpaired) electrons. The number of likely N-dealkylation sites (N-methyl/N-ethyl adjacent to an activating group) is 1. The molecule has 2 fully saturated rings. The van der Waals surface area contributed by atoms with Crippen molar-refractivity contribution >= 4 is 5.91 Å². The van der Waals surface area contributed by atoms with Crippen molar-refractivity contribution in [1.82, 2.24) is 20.0 Å². The second-order valence-electron chi connectivity index (χ2n) is 6.83. The number of amides is 1. The number of hydrogen-bond donors (Lipinski definition) is 1. The summed E-state index contributed by atoms with van der Waals surface area (Å²) in [7, 11) is 2.17. The molecule has 1 unspecified atom stereocenters. The molecule has 2 saturated heterocycles. The number of rotatable bonds is 3. The average Bonchev–Trinajstić information content (AvgIpc) is 2.57. The van der Waals surface area contributed by atoms with Crippen LogP contribution < -0.4 is 5.32 Å². The summed E-state index contributed by atoms with van der Waals surface area (Å²) >= 11 is 0. The van der Waals surface area contributed by atoms with Gasteiger partial charge in [0.05, 0.1) is 0 Å². The number of nitrogens with zero attached hydrogens (tertiary/aromatic N) is 3. The van der Waals surface area contributed by atoms with Crippen LogP contribution in [-0.4, -0.2) is 79.5 Å². The number of carbonyl (C=O) groups is 1. The van der Waals surface area contributed by atoms with E-state index in [0.29, 0.717) is 0 Å². The van der Waals surface area contributed by atoms with Gasteiger partial charge in [-0.15, -0.1) is 0 Å². The summed E-state index contributed by atoms with van der Waals surface area (Å²) in [5, 5.41) is 3.34. The van der Waals surface area contributed by atoms with Gasteiger partial charge in [-0.1, -0.05) is 12.1 Å². The molecule has 0 bridgehead atoms. The smallest absolute Gasteiger partial charge is 0.254 e. The van der Waals surface area contributed by atoms with Gasteiger partial charge < -0.3 is 15.1 Å². The van der Waals surface area contributed by atoms with E-state index in [2.05, 4.69) is 41.2 Å². The zero-order valence-corrected chi connectivity index (χ0v) is 14.3. The zero-order chi connectivity index (χ0) is 16.2. The van der Waals surface area contributed by atoms with Gasteiger partial charge >= 0.3 is 0 Å². The number of benzene rings is 1. The highest BCUT2D eigenvalue weighted by Crippen LogP contribution is 2.14. The molecular weight excluding hydrogens is 288 g/mol. The van der Waals surface area contributed by atoms with Crippen LogP contribution in [0.25, 0.3) is 0 Å². The summed E-state index contributed by atoms with van der Waals surface area (Å²) in [6.07, 6.45) is 0. The third-order valence-electron chi connectivity index (χ3n) is 4.94. The standard InChI is InChI=1S/C18H28N4O/c1-15-13-19-6-7-22(15)18(23)17-5-3-4-16(12-17)14-21-10-8-20(2)9-11-21/h3-5,12,15,19H,6-11,13-14H2,1-2H3. The summed E-state index contributed by atoms with van der Waals surface area (Å²) in [4.78, 5) is 19.6. The van der Waals surface area contributed by atoms with Crippen molar-refractivity contribution in [3.8, 4) is 0 Å². The monoisotopic (exact) mass is 316 g/mol. The van der Waals surface area contributed by atoms with Crippen molar-refractivity contribution in [2.75, 3.05) is 52.9 Å². The summed E-state index contributed by atoms with van der Waals surface area (Å²) in [6.45, 7) is 10.1. The van der Waals surface area contributed by atoms with Crippen LogP contribution in [-0.2, 0) is 6.54 Å². The molecule has 1 aromatic rings. The van der Waals surface area contributed by atoms with E-state index >= 15 is 0 Å². The zero-order valence-electron chi connectivity index (χ0n) is 14.3. The van der Waals surface area contributed by atoms with Crippen LogP contribution in [0.15, 0.2) is 24.3 Å². The van der Waals surface area contributed by atoms with E-state index in [0.717, 1.165) is 57.9 Å². The highest BCUT2D eigenvalue weighted by molar-refractivity contribution is 5.94. The van der Waals surface area contributed by atoms with E-state index in [4.69, 9.17) is 0 Å². The lowest BCUT2D eigenvalue weighted by atomic mass is 10.1. The lowest BCUT2D eigenvalue weighted by Crippen LogP contribution is -2.52. The van der Waals surface area contributed by atoms with Gasteiger partial charge in [0.1, 0.15) is 0 Å². The van der Waals surface area contributed by atoms with Gasteiger partial charge in [-0.3, -0.25) is 9.69 Å². The second kappa shape index (κ2) is 7.43. The van der Waals surface area contributed by atoms with E-state index < -0.39 is 0 Å². The van der Waals surface area contributed by atoms with Crippen LogP contribution in [0, 0.1) is 0 Å². The molecule has 5 heteroatoms. The average molecular weight is 316 g/mol. The van der Waals surface area contributed by atoms with Crippen molar-refractivity contribution in [3.63, 3.8) is 0 Å². The Labute approximate surface area is 139 Å². The third-order valence-corrected chi connectivity index (χ3v) is 4.94. The van der Waals surface area contributed by atoms with E-state index in [1.807, 2.05) is 17.0 Å². The van der Waals surface area contributed by atoms with Gasteiger partial charge in [-0.2, -0.15) is 0 Å². The largest absolute Gasteiger partial charge is 0.333 e. The van der Waals surface area contributed by atoms with Crippen molar-refractivity contribution in [2.24, 2.45) is 0 Å². The van der Waals surface area contributed by atoms with E-state index in [9.17, 15) is 4.79 Å². The normalized spacial score (nSPS) is 23.9. The maximum Gasteiger partial charge on any atom is 0.254 e. The molecule has 1 amide bonds. The van der Waals surface area contributed by atoms with Gasteiger partial charge in [-0.05, 0) is 31.7 Å². The van der Waals surface area contributed by atoms with Crippen molar-refractivity contribution in [3.05, 3.63) is 35.4 Å². The first-order valence-corrected chi connectivity index (χ1v) is 8.65. The molecule has 1 atom stereocenters. The fourth-order valence-corrected chi connectivity index (χ4v) is 3.38. The molecule has 0 aliphatic carbocycles. The summed E-state index contributed by atoms with van der Waals surface area (Å²) < 4.78 is 0. The molecule has 0 spiro atoms. The molecule has 1 N–H and O–H groups in total. The Balaban J connectivity index is 1.66. The molecule has 5 nitrogen and oxygen atoms in total. The quantitative estimate of drug-likeness (QED) is 0.898. The van der Waals surface area contributed by atoms with Crippen LogP contribution >= 0.6 is 0 Å². The SMILES string of the molecule is CC1CNCCN1C(=O)c1cccc(CN2CCN(C)CC2)c1. The van der Waals surface area contributed by atoms with Crippen LogP contribution in [0.3, 0.4) is 0 Å². The molecular formula is C18H28N4O. The minimum absolute atomic E-state index is 0.166. The Kier molecular flexibility index (Phi) is 5.30. The topological polar surface area (TPSA) is 38.8 Å². The molecule has 0 saturated carbocycles. The van der Waals surface area contributed by atoms with Crippen LogP contribution in [0.1, 0.15) is 22.8 Å². The Morgan fingerprint density at radius 1 is 1.22 bits per heavy atom. The number of hydrogen-bond acceptors (Lipinski definition) is 4. The number of carbonyl (C=O) groups excluding carboxylic acids is 1. The van der Waals surface area contributed by atoms with E-state index in [1.165, 1.54) is 5.56 Å². The molecule has 3 rings (SSSR count). The Morgan fingerprint density at radius 2 is 2.00 bits per heavy atom. The predicted molar refractivity (Wildman–Crippen MR) is 92.6 cm³/mol. The first-order chi connectivity index (χ1) is 11.1. The first kappa shape index (κ1) is 16.4. The number of piperazine rings is 2. The van der Waals surface area contributed by atoms with Crippen molar-refractivity contribution in [1.29, 1.82) is 0 Å².